The van der Waals surface area contributed by atoms with Crippen molar-refractivity contribution >= 4 is 17.5 Å². The molecular weight excluding hydrogens is 240 g/mol. The van der Waals surface area contributed by atoms with Crippen molar-refractivity contribution in [2.24, 2.45) is 0 Å². The van der Waals surface area contributed by atoms with Gasteiger partial charge in [0.15, 0.2) is 5.22 Å². The van der Waals surface area contributed by atoms with Crippen molar-refractivity contribution in [3.63, 3.8) is 0 Å². The van der Waals surface area contributed by atoms with Crippen LogP contribution in [0.4, 0.5) is 0 Å². The smallest absolute Gasteiger partial charge is 0.239 e. The van der Waals surface area contributed by atoms with E-state index in [0.29, 0.717) is 11.8 Å². The van der Waals surface area contributed by atoms with Crippen LogP contribution in [0.15, 0.2) is 16.5 Å². The molecule has 1 N–H and O–H groups in total. The second-order valence-corrected chi connectivity index (χ2v) is 4.71. The fourth-order valence-electron chi connectivity index (χ4n) is 2.00. The van der Waals surface area contributed by atoms with E-state index >= 15 is 0 Å². The van der Waals surface area contributed by atoms with Gasteiger partial charge in [0.05, 0.1) is 12.6 Å². The summed E-state index contributed by atoms with van der Waals surface area (Å²) in [6, 6.07) is 3.32. The Bertz CT molecular complexity index is 386. The Morgan fingerprint density at radius 3 is 2.82 bits per heavy atom. The number of rotatable bonds is 4. The van der Waals surface area contributed by atoms with E-state index in [-0.39, 0.29) is 11.9 Å². The van der Waals surface area contributed by atoms with Crippen LogP contribution >= 0.6 is 11.6 Å². The molecule has 17 heavy (non-hydrogen) atoms. The molecule has 1 aliphatic rings. The number of likely N-dealkylation sites (tertiary alicyclic amines) is 1. The van der Waals surface area contributed by atoms with E-state index in [1.165, 1.54) is 0 Å². The maximum absolute atomic E-state index is 12.0. The third kappa shape index (κ3) is 3.23. The summed E-state index contributed by atoms with van der Waals surface area (Å²) in [7, 11) is 0. The number of hydrogen-bond acceptors (Lipinski definition) is 3. The van der Waals surface area contributed by atoms with Gasteiger partial charge in [-0.15, -0.1) is 0 Å². The van der Waals surface area contributed by atoms with E-state index in [2.05, 4.69) is 5.32 Å². The molecule has 2 heterocycles. The van der Waals surface area contributed by atoms with Gasteiger partial charge in [0.1, 0.15) is 5.76 Å². The van der Waals surface area contributed by atoms with Crippen molar-refractivity contribution in [3.8, 4) is 0 Å². The molecule has 0 spiro atoms. The van der Waals surface area contributed by atoms with Gasteiger partial charge >= 0.3 is 0 Å². The lowest BCUT2D eigenvalue weighted by Gasteiger charge is -2.20. The standard InChI is InChI=1S/C12H17ClN2O2/c1-9(12(16)15-6-2-3-7-15)14-8-10-4-5-11(13)17-10/h4-5,9,14H,2-3,6-8H2,1H3. The Balaban J connectivity index is 1.80. The number of hydrogen-bond donors (Lipinski definition) is 1. The molecule has 1 fully saturated rings. The number of carbonyl (C=O) groups excluding carboxylic acids is 1. The number of halogens is 1. The van der Waals surface area contributed by atoms with Gasteiger partial charge in [-0.3, -0.25) is 10.1 Å². The number of furan rings is 1. The minimum atomic E-state index is -0.183. The van der Waals surface area contributed by atoms with Gasteiger partial charge in [-0.2, -0.15) is 0 Å². The SMILES string of the molecule is CC(NCc1ccc(Cl)o1)C(=O)N1CCCC1. The van der Waals surface area contributed by atoms with Crippen molar-refractivity contribution in [3.05, 3.63) is 23.1 Å². The van der Waals surface area contributed by atoms with Crippen LogP contribution in [0.2, 0.25) is 5.22 Å². The molecule has 0 radical (unpaired) electrons. The number of carbonyl (C=O) groups is 1. The largest absolute Gasteiger partial charge is 0.448 e. The number of nitrogens with zero attached hydrogens (tertiary/aromatic N) is 1. The first-order valence-electron chi connectivity index (χ1n) is 5.93. The second-order valence-electron chi connectivity index (χ2n) is 4.34. The fourth-order valence-corrected chi connectivity index (χ4v) is 2.16. The zero-order valence-electron chi connectivity index (χ0n) is 9.91. The topological polar surface area (TPSA) is 45.5 Å². The van der Waals surface area contributed by atoms with Crippen molar-refractivity contribution < 1.29 is 9.21 Å². The summed E-state index contributed by atoms with van der Waals surface area (Å²) in [6.45, 7) is 4.17. The van der Waals surface area contributed by atoms with E-state index in [1.807, 2.05) is 17.9 Å². The molecule has 94 valence electrons. The molecule has 5 heteroatoms. The Kier molecular flexibility index (Phi) is 4.07. The molecule has 1 unspecified atom stereocenters. The minimum Gasteiger partial charge on any atom is -0.448 e. The molecule has 1 saturated heterocycles. The van der Waals surface area contributed by atoms with E-state index in [1.54, 1.807) is 6.07 Å². The molecule has 1 amide bonds. The highest BCUT2D eigenvalue weighted by Crippen LogP contribution is 2.13. The van der Waals surface area contributed by atoms with E-state index in [4.69, 9.17) is 16.0 Å². The quantitative estimate of drug-likeness (QED) is 0.897. The maximum atomic E-state index is 12.0. The number of nitrogens with one attached hydrogen (secondary N) is 1. The molecule has 0 saturated carbocycles. The summed E-state index contributed by atoms with van der Waals surface area (Å²) >= 11 is 5.67. The van der Waals surface area contributed by atoms with Crippen molar-refractivity contribution in [1.29, 1.82) is 0 Å². The lowest BCUT2D eigenvalue weighted by molar-refractivity contribution is -0.132. The van der Waals surface area contributed by atoms with Crippen LogP contribution < -0.4 is 5.32 Å². The predicted molar refractivity (Wildman–Crippen MR) is 65.8 cm³/mol. The number of amides is 1. The van der Waals surface area contributed by atoms with Gasteiger partial charge < -0.3 is 9.32 Å². The zero-order valence-corrected chi connectivity index (χ0v) is 10.7. The first-order valence-corrected chi connectivity index (χ1v) is 6.31. The van der Waals surface area contributed by atoms with Crippen LogP contribution in [0.3, 0.4) is 0 Å². The van der Waals surface area contributed by atoms with Crippen molar-refractivity contribution in [1.82, 2.24) is 10.2 Å². The first-order chi connectivity index (χ1) is 8.16. The van der Waals surface area contributed by atoms with Gasteiger partial charge in [-0.05, 0) is 43.5 Å². The molecule has 0 aromatic carbocycles. The van der Waals surface area contributed by atoms with Gasteiger partial charge in [-0.1, -0.05) is 0 Å². The van der Waals surface area contributed by atoms with Crippen LogP contribution in [0.5, 0.6) is 0 Å². The Morgan fingerprint density at radius 2 is 2.24 bits per heavy atom. The second kappa shape index (κ2) is 5.56. The van der Waals surface area contributed by atoms with Gasteiger partial charge in [-0.25, -0.2) is 0 Å². The third-order valence-corrected chi connectivity index (χ3v) is 3.20. The summed E-state index contributed by atoms with van der Waals surface area (Å²) in [5, 5.41) is 3.52. The molecule has 1 atom stereocenters. The summed E-state index contributed by atoms with van der Waals surface area (Å²) in [5.74, 6) is 0.913. The van der Waals surface area contributed by atoms with Crippen molar-refractivity contribution in [2.45, 2.75) is 32.4 Å². The lowest BCUT2D eigenvalue weighted by Crippen LogP contribution is -2.43. The van der Waals surface area contributed by atoms with Gasteiger partial charge in [0.25, 0.3) is 0 Å². The summed E-state index contributed by atoms with van der Waals surface area (Å²) in [5.41, 5.74) is 0. The predicted octanol–water partition coefficient (Wildman–Crippen LogP) is 2.03. The molecule has 1 aliphatic heterocycles. The minimum absolute atomic E-state index is 0.167. The molecule has 1 aromatic rings. The molecule has 1 aromatic heterocycles. The van der Waals surface area contributed by atoms with Crippen molar-refractivity contribution in [2.75, 3.05) is 13.1 Å². The Hall–Kier alpha value is -1.00. The van der Waals surface area contributed by atoms with Gasteiger partial charge in [0.2, 0.25) is 5.91 Å². The first kappa shape index (κ1) is 12.5. The summed E-state index contributed by atoms with van der Waals surface area (Å²) < 4.78 is 5.22. The van der Waals surface area contributed by atoms with Crippen LogP contribution in [0.1, 0.15) is 25.5 Å². The highest BCUT2D eigenvalue weighted by atomic mass is 35.5. The van der Waals surface area contributed by atoms with E-state index in [9.17, 15) is 4.79 Å². The Morgan fingerprint density at radius 1 is 1.53 bits per heavy atom. The summed E-state index contributed by atoms with van der Waals surface area (Å²) in [6.07, 6.45) is 2.23. The molecule has 4 nitrogen and oxygen atoms in total. The fraction of sp³-hybridized carbons (Fsp3) is 0.583. The molecule has 2 rings (SSSR count). The molecule has 0 aliphatic carbocycles. The van der Waals surface area contributed by atoms with Crippen LogP contribution in [0.25, 0.3) is 0 Å². The molecule has 0 bridgehead atoms. The average Bonchev–Trinajstić information content (AvgIpc) is 2.95. The lowest BCUT2D eigenvalue weighted by atomic mass is 10.3. The third-order valence-electron chi connectivity index (χ3n) is 3.00. The Labute approximate surface area is 106 Å². The van der Waals surface area contributed by atoms with Gasteiger partial charge in [0, 0.05) is 13.1 Å². The average molecular weight is 257 g/mol. The highest BCUT2D eigenvalue weighted by Gasteiger charge is 2.22. The zero-order chi connectivity index (χ0) is 12.3. The van der Waals surface area contributed by atoms with Crippen LogP contribution in [0, 0.1) is 0 Å². The molecular formula is C12H17ClN2O2. The van der Waals surface area contributed by atoms with Crippen LogP contribution in [-0.2, 0) is 11.3 Å². The highest BCUT2D eigenvalue weighted by molar-refractivity contribution is 6.28. The van der Waals surface area contributed by atoms with Crippen LogP contribution in [-0.4, -0.2) is 29.9 Å². The summed E-state index contributed by atoms with van der Waals surface area (Å²) in [4.78, 5) is 13.9. The monoisotopic (exact) mass is 256 g/mol. The van der Waals surface area contributed by atoms with E-state index < -0.39 is 0 Å². The maximum Gasteiger partial charge on any atom is 0.239 e. The normalized spacial score (nSPS) is 17.4. The van der Waals surface area contributed by atoms with E-state index in [0.717, 1.165) is 31.7 Å².